The summed E-state index contributed by atoms with van der Waals surface area (Å²) in [6.45, 7) is 0. The Bertz CT molecular complexity index is 275. The molecule has 1 aromatic rings. The second-order valence-electron chi connectivity index (χ2n) is 1.97. The average Bonchev–Trinajstić information content (AvgIpc) is 2.01. The molecule has 1 aromatic carbocycles. The standard InChI is InChI=1S/C7H4Br2ClF/c8-3-4-1-2-5(9)6(10)7(4)11/h1-2H,3H2. The van der Waals surface area contributed by atoms with Gasteiger partial charge in [0.15, 0.2) is 0 Å². The van der Waals surface area contributed by atoms with Gasteiger partial charge < -0.3 is 0 Å². The van der Waals surface area contributed by atoms with Crippen LogP contribution in [0.5, 0.6) is 0 Å². The zero-order valence-corrected chi connectivity index (χ0v) is 9.30. The van der Waals surface area contributed by atoms with Crippen molar-refractivity contribution in [3.05, 3.63) is 33.0 Å². The Morgan fingerprint density at radius 2 is 2.09 bits per heavy atom. The van der Waals surface area contributed by atoms with E-state index in [4.69, 9.17) is 11.6 Å². The molecule has 1 rings (SSSR count). The van der Waals surface area contributed by atoms with Gasteiger partial charge in [0, 0.05) is 9.80 Å². The molecule has 0 spiro atoms. The molecule has 0 nitrogen and oxygen atoms in total. The van der Waals surface area contributed by atoms with E-state index in [2.05, 4.69) is 31.9 Å². The second kappa shape index (κ2) is 3.87. The van der Waals surface area contributed by atoms with E-state index in [0.29, 0.717) is 15.4 Å². The largest absolute Gasteiger partial charge is 0.205 e. The van der Waals surface area contributed by atoms with Gasteiger partial charge in [0.05, 0.1) is 5.02 Å². The van der Waals surface area contributed by atoms with E-state index >= 15 is 0 Å². The summed E-state index contributed by atoms with van der Waals surface area (Å²) in [5, 5.41) is 0.619. The van der Waals surface area contributed by atoms with Crippen LogP contribution in [0.25, 0.3) is 0 Å². The van der Waals surface area contributed by atoms with Crippen molar-refractivity contribution < 1.29 is 4.39 Å². The Labute approximate surface area is 86.0 Å². The van der Waals surface area contributed by atoms with Crippen molar-refractivity contribution in [2.45, 2.75) is 5.33 Å². The van der Waals surface area contributed by atoms with Crippen LogP contribution in [-0.2, 0) is 5.33 Å². The van der Waals surface area contributed by atoms with E-state index < -0.39 is 0 Å². The molecule has 0 fully saturated rings. The smallest absolute Gasteiger partial charge is 0.146 e. The highest BCUT2D eigenvalue weighted by molar-refractivity contribution is 9.10. The lowest BCUT2D eigenvalue weighted by molar-refractivity contribution is 0.617. The molecule has 0 saturated carbocycles. The molecule has 11 heavy (non-hydrogen) atoms. The Morgan fingerprint density at radius 1 is 1.45 bits per heavy atom. The van der Waals surface area contributed by atoms with Gasteiger partial charge in [-0.1, -0.05) is 33.6 Å². The SMILES string of the molecule is Fc1c(CBr)ccc(Br)c1Cl. The summed E-state index contributed by atoms with van der Waals surface area (Å²) in [5.41, 5.74) is 0.568. The van der Waals surface area contributed by atoms with E-state index in [1.807, 2.05) is 0 Å². The first-order chi connectivity index (χ1) is 5.16. The molecule has 60 valence electrons. The highest BCUT2D eigenvalue weighted by atomic mass is 79.9. The fraction of sp³-hybridized carbons (Fsp3) is 0.143. The van der Waals surface area contributed by atoms with Gasteiger partial charge >= 0.3 is 0 Å². The third kappa shape index (κ3) is 1.95. The molecule has 0 radical (unpaired) electrons. The zero-order chi connectivity index (χ0) is 8.43. The molecule has 0 aliphatic rings. The Hall–Kier alpha value is 0.400. The van der Waals surface area contributed by atoms with Gasteiger partial charge in [0.1, 0.15) is 5.82 Å². The van der Waals surface area contributed by atoms with Crippen LogP contribution in [0.4, 0.5) is 4.39 Å². The molecule has 4 heteroatoms. The lowest BCUT2D eigenvalue weighted by atomic mass is 10.2. The Kier molecular flexibility index (Phi) is 3.34. The monoisotopic (exact) mass is 300 g/mol. The Morgan fingerprint density at radius 3 is 2.64 bits per heavy atom. The van der Waals surface area contributed by atoms with Gasteiger partial charge in [-0.05, 0) is 27.6 Å². The quantitative estimate of drug-likeness (QED) is 0.540. The minimum Gasteiger partial charge on any atom is -0.205 e. The molecule has 0 unspecified atom stereocenters. The van der Waals surface area contributed by atoms with E-state index in [1.165, 1.54) is 0 Å². The predicted molar refractivity (Wildman–Crippen MR) is 51.7 cm³/mol. The van der Waals surface area contributed by atoms with Crippen LogP contribution < -0.4 is 0 Å². The summed E-state index contributed by atoms with van der Waals surface area (Å²) in [4.78, 5) is 0. The first kappa shape index (κ1) is 9.49. The summed E-state index contributed by atoms with van der Waals surface area (Å²) >= 11 is 11.9. The van der Waals surface area contributed by atoms with Crippen molar-refractivity contribution in [3.8, 4) is 0 Å². The number of benzene rings is 1. The summed E-state index contributed by atoms with van der Waals surface area (Å²) in [6.07, 6.45) is 0. The van der Waals surface area contributed by atoms with E-state index in [0.717, 1.165) is 0 Å². The topological polar surface area (TPSA) is 0 Å². The maximum Gasteiger partial charge on any atom is 0.146 e. The lowest BCUT2D eigenvalue weighted by Crippen LogP contribution is -1.87. The molecule has 0 bridgehead atoms. The van der Waals surface area contributed by atoms with Gasteiger partial charge in [-0.3, -0.25) is 0 Å². The van der Waals surface area contributed by atoms with Crippen molar-refractivity contribution in [1.82, 2.24) is 0 Å². The van der Waals surface area contributed by atoms with Crippen LogP contribution in [0.2, 0.25) is 5.02 Å². The molecule has 0 atom stereocenters. The van der Waals surface area contributed by atoms with E-state index in [-0.39, 0.29) is 10.8 Å². The first-order valence-electron chi connectivity index (χ1n) is 2.85. The predicted octanol–water partition coefficient (Wildman–Crippen LogP) is 4.14. The second-order valence-corrected chi connectivity index (χ2v) is 3.76. The van der Waals surface area contributed by atoms with Crippen molar-refractivity contribution in [2.24, 2.45) is 0 Å². The number of hydrogen-bond donors (Lipinski definition) is 0. The number of halogens is 4. The van der Waals surface area contributed by atoms with Crippen molar-refractivity contribution in [2.75, 3.05) is 0 Å². The molecule has 0 heterocycles. The van der Waals surface area contributed by atoms with Crippen LogP contribution in [0.1, 0.15) is 5.56 Å². The third-order valence-electron chi connectivity index (χ3n) is 1.26. The number of hydrogen-bond acceptors (Lipinski definition) is 0. The van der Waals surface area contributed by atoms with Crippen LogP contribution >= 0.6 is 43.5 Å². The van der Waals surface area contributed by atoms with Crippen LogP contribution in [0.3, 0.4) is 0 Å². The molecule has 0 N–H and O–H groups in total. The minimum absolute atomic E-state index is 0.141. The van der Waals surface area contributed by atoms with Crippen molar-refractivity contribution in [3.63, 3.8) is 0 Å². The van der Waals surface area contributed by atoms with Gasteiger partial charge in [-0.25, -0.2) is 4.39 Å². The summed E-state index contributed by atoms with van der Waals surface area (Å²) in [7, 11) is 0. The summed E-state index contributed by atoms with van der Waals surface area (Å²) in [5.74, 6) is -0.363. The van der Waals surface area contributed by atoms with Gasteiger partial charge in [-0.2, -0.15) is 0 Å². The van der Waals surface area contributed by atoms with E-state index in [9.17, 15) is 4.39 Å². The van der Waals surface area contributed by atoms with E-state index in [1.54, 1.807) is 12.1 Å². The van der Waals surface area contributed by atoms with Crippen molar-refractivity contribution >= 4 is 43.5 Å². The molecule has 0 amide bonds. The minimum atomic E-state index is -0.363. The maximum atomic E-state index is 13.1. The molecular formula is C7H4Br2ClF. The van der Waals surface area contributed by atoms with Gasteiger partial charge in [0.25, 0.3) is 0 Å². The first-order valence-corrected chi connectivity index (χ1v) is 5.14. The lowest BCUT2D eigenvalue weighted by Gasteiger charge is -2.01. The fourth-order valence-electron chi connectivity index (χ4n) is 0.669. The molecule has 0 aliphatic carbocycles. The molecule has 0 saturated heterocycles. The molecule has 0 aliphatic heterocycles. The van der Waals surface area contributed by atoms with Gasteiger partial charge in [-0.15, -0.1) is 0 Å². The fourth-order valence-corrected chi connectivity index (χ4v) is 1.59. The Balaban J connectivity index is 3.25. The third-order valence-corrected chi connectivity index (χ3v) is 3.12. The molecular weight excluding hydrogens is 298 g/mol. The summed E-state index contributed by atoms with van der Waals surface area (Å²) in [6, 6.07) is 3.40. The van der Waals surface area contributed by atoms with Crippen LogP contribution in [0, 0.1) is 5.82 Å². The highest BCUT2D eigenvalue weighted by Crippen LogP contribution is 2.28. The zero-order valence-electron chi connectivity index (χ0n) is 5.37. The van der Waals surface area contributed by atoms with Crippen LogP contribution in [0.15, 0.2) is 16.6 Å². The van der Waals surface area contributed by atoms with Crippen LogP contribution in [-0.4, -0.2) is 0 Å². The highest BCUT2D eigenvalue weighted by Gasteiger charge is 2.08. The average molecular weight is 302 g/mol. The van der Waals surface area contributed by atoms with Crippen molar-refractivity contribution in [1.29, 1.82) is 0 Å². The van der Waals surface area contributed by atoms with Gasteiger partial charge in [0.2, 0.25) is 0 Å². The summed E-state index contributed by atoms with van der Waals surface area (Å²) < 4.78 is 13.7. The normalized spacial score (nSPS) is 10.2. The molecule has 0 aromatic heterocycles. The maximum absolute atomic E-state index is 13.1. The number of alkyl halides is 1. The number of rotatable bonds is 1.